The predicted molar refractivity (Wildman–Crippen MR) is 84.3 cm³/mol. The summed E-state index contributed by atoms with van der Waals surface area (Å²) in [6.07, 6.45) is 1.66. The second-order valence-corrected chi connectivity index (χ2v) is 6.16. The van der Waals surface area contributed by atoms with Crippen molar-refractivity contribution in [3.05, 3.63) is 63.2 Å². The summed E-state index contributed by atoms with van der Waals surface area (Å²) in [5, 5.41) is 0. The van der Waals surface area contributed by atoms with Gasteiger partial charge in [0, 0.05) is 15.3 Å². The summed E-state index contributed by atoms with van der Waals surface area (Å²) in [5.41, 5.74) is 2.14. The van der Waals surface area contributed by atoms with Crippen LogP contribution in [0, 0.1) is 10.5 Å². The highest BCUT2D eigenvalue weighted by Crippen LogP contribution is 2.12. The molecule has 0 bridgehead atoms. The predicted octanol–water partition coefficient (Wildman–Crippen LogP) is 3.74. The number of nitrogens with zero attached hydrogens (tertiary/aromatic N) is 1. The van der Waals surface area contributed by atoms with E-state index in [1.54, 1.807) is 6.21 Å². The Kier molecular flexibility index (Phi) is 4.66. The van der Waals surface area contributed by atoms with E-state index < -0.39 is 11.0 Å². The lowest BCUT2D eigenvalue weighted by Gasteiger charge is -1.98. The minimum Gasteiger partial charge on any atom is -0.229 e. The Balaban J connectivity index is 2.17. The topological polar surface area (TPSA) is 29.4 Å². The van der Waals surface area contributed by atoms with Crippen LogP contribution in [0.5, 0.6) is 0 Å². The summed E-state index contributed by atoms with van der Waals surface area (Å²) in [6.45, 7) is 2.00. The largest absolute Gasteiger partial charge is 0.229 e. The lowest BCUT2D eigenvalue weighted by atomic mass is 10.2. The lowest BCUT2D eigenvalue weighted by molar-refractivity contribution is 0.684. The molecule has 2 nitrogen and oxygen atoms in total. The molecule has 1 atom stereocenters. The summed E-state index contributed by atoms with van der Waals surface area (Å²) in [5.74, 6) is 0. The Morgan fingerprint density at radius 1 is 1.11 bits per heavy atom. The van der Waals surface area contributed by atoms with Gasteiger partial charge in [0.2, 0.25) is 0 Å². The van der Waals surface area contributed by atoms with E-state index >= 15 is 0 Å². The molecule has 0 fully saturated rings. The molecule has 18 heavy (non-hydrogen) atoms. The molecule has 0 saturated heterocycles. The fourth-order valence-electron chi connectivity index (χ4n) is 1.40. The molecule has 92 valence electrons. The quantitative estimate of drug-likeness (QED) is 0.599. The molecule has 0 aromatic heterocycles. The molecule has 2 rings (SSSR count). The van der Waals surface area contributed by atoms with Gasteiger partial charge >= 0.3 is 0 Å². The standard InChI is InChI=1S/C14H12INOS/c1-11-6-8-13(9-7-11)18(17)16-10-12-4-2-3-5-14(12)15/h2-10H,1H3/b16-10+. The molecule has 2 aromatic carbocycles. The zero-order valence-electron chi connectivity index (χ0n) is 9.84. The minimum absolute atomic E-state index is 0.725. The Morgan fingerprint density at radius 2 is 1.78 bits per heavy atom. The molecule has 0 N–H and O–H groups in total. The third-order valence-electron chi connectivity index (χ3n) is 2.42. The van der Waals surface area contributed by atoms with Gasteiger partial charge in [0.05, 0.1) is 4.90 Å². The Bertz CT molecular complexity index is 593. The maximum absolute atomic E-state index is 12.0. The van der Waals surface area contributed by atoms with Crippen LogP contribution in [0.1, 0.15) is 11.1 Å². The van der Waals surface area contributed by atoms with Crippen LogP contribution in [0.25, 0.3) is 0 Å². The van der Waals surface area contributed by atoms with E-state index in [2.05, 4.69) is 27.0 Å². The Hall–Kier alpha value is -1.01. The number of halogens is 1. The van der Waals surface area contributed by atoms with Crippen LogP contribution in [0.4, 0.5) is 0 Å². The van der Waals surface area contributed by atoms with Gasteiger partial charge in [0.15, 0.2) is 11.0 Å². The van der Waals surface area contributed by atoms with Crippen molar-refractivity contribution < 1.29 is 4.21 Å². The van der Waals surface area contributed by atoms with Gasteiger partial charge in [-0.1, -0.05) is 35.9 Å². The number of rotatable bonds is 3. The first-order chi connectivity index (χ1) is 8.66. The Labute approximate surface area is 123 Å². The monoisotopic (exact) mass is 369 g/mol. The van der Waals surface area contributed by atoms with E-state index in [0.29, 0.717) is 0 Å². The van der Waals surface area contributed by atoms with Crippen molar-refractivity contribution in [2.24, 2.45) is 4.40 Å². The van der Waals surface area contributed by atoms with Crippen molar-refractivity contribution in [1.29, 1.82) is 0 Å². The van der Waals surface area contributed by atoms with Gasteiger partial charge in [0.1, 0.15) is 0 Å². The van der Waals surface area contributed by atoms with Crippen LogP contribution in [0.2, 0.25) is 0 Å². The molecule has 4 heteroatoms. The minimum atomic E-state index is -1.33. The summed E-state index contributed by atoms with van der Waals surface area (Å²) < 4.78 is 17.1. The first kappa shape index (κ1) is 13.4. The van der Waals surface area contributed by atoms with Crippen LogP contribution < -0.4 is 0 Å². The lowest BCUT2D eigenvalue weighted by Crippen LogP contribution is -1.91. The molecular formula is C14H12INOS. The molecule has 2 aromatic rings. The van der Waals surface area contributed by atoms with Crippen LogP contribution in [0.3, 0.4) is 0 Å². The summed E-state index contributed by atoms with van der Waals surface area (Å²) in [4.78, 5) is 0.725. The smallest absolute Gasteiger partial charge is 0.172 e. The van der Waals surface area contributed by atoms with E-state index in [9.17, 15) is 4.21 Å². The van der Waals surface area contributed by atoms with Gasteiger partial charge in [-0.3, -0.25) is 0 Å². The van der Waals surface area contributed by atoms with Gasteiger partial charge in [0.25, 0.3) is 0 Å². The first-order valence-corrected chi connectivity index (χ1v) is 7.62. The van der Waals surface area contributed by atoms with E-state index in [1.165, 1.54) is 0 Å². The molecule has 0 aliphatic rings. The fraction of sp³-hybridized carbons (Fsp3) is 0.0714. The fourth-order valence-corrected chi connectivity index (χ4v) is 2.63. The molecule has 0 saturated carbocycles. The number of hydrogen-bond donors (Lipinski definition) is 0. The van der Waals surface area contributed by atoms with Gasteiger partial charge in [-0.2, -0.15) is 4.40 Å². The number of aryl methyl sites for hydroxylation is 1. The van der Waals surface area contributed by atoms with Crippen molar-refractivity contribution >= 4 is 39.8 Å². The molecule has 0 radical (unpaired) electrons. The summed E-state index contributed by atoms with van der Waals surface area (Å²) >= 11 is 2.24. The van der Waals surface area contributed by atoms with E-state index in [4.69, 9.17) is 0 Å². The van der Waals surface area contributed by atoms with Gasteiger partial charge in [-0.05, 0) is 47.7 Å². The highest BCUT2D eigenvalue weighted by atomic mass is 127. The molecule has 1 unspecified atom stereocenters. The molecule has 0 aliphatic carbocycles. The highest BCUT2D eigenvalue weighted by Gasteiger charge is 2.01. The van der Waals surface area contributed by atoms with Crippen LogP contribution >= 0.6 is 22.6 Å². The average Bonchev–Trinajstić information content (AvgIpc) is 2.38. The van der Waals surface area contributed by atoms with Crippen LogP contribution in [-0.4, -0.2) is 10.4 Å². The molecule has 0 spiro atoms. The first-order valence-electron chi connectivity index (χ1n) is 5.44. The van der Waals surface area contributed by atoms with Crippen molar-refractivity contribution in [2.75, 3.05) is 0 Å². The maximum Gasteiger partial charge on any atom is 0.172 e. The average molecular weight is 369 g/mol. The zero-order chi connectivity index (χ0) is 13.0. The molecule has 0 heterocycles. The number of benzene rings is 2. The second-order valence-electron chi connectivity index (χ2n) is 3.82. The van der Waals surface area contributed by atoms with E-state index in [-0.39, 0.29) is 0 Å². The second kappa shape index (κ2) is 6.24. The van der Waals surface area contributed by atoms with Crippen molar-refractivity contribution in [2.45, 2.75) is 11.8 Å². The van der Waals surface area contributed by atoms with Gasteiger partial charge in [-0.15, -0.1) is 0 Å². The van der Waals surface area contributed by atoms with Crippen LogP contribution in [-0.2, 0) is 11.0 Å². The van der Waals surface area contributed by atoms with E-state index in [1.807, 2.05) is 55.5 Å². The van der Waals surface area contributed by atoms with Crippen molar-refractivity contribution in [3.8, 4) is 0 Å². The van der Waals surface area contributed by atoms with Crippen LogP contribution in [0.15, 0.2) is 57.8 Å². The normalized spacial score (nSPS) is 12.8. The SMILES string of the molecule is Cc1ccc(S(=O)/N=C/c2ccccc2I)cc1. The summed E-state index contributed by atoms with van der Waals surface area (Å²) in [6, 6.07) is 15.4. The third kappa shape index (κ3) is 3.49. The Morgan fingerprint density at radius 3 is 2.44 bits per heavy atom. The van der Waals surface area contributed by atoms with Gasteiger partial charge in [-0.25, -0.2) is 4.21 Å². The molecular weight excluding hydrogens is 357 g/mol. The third-order valence-corrected chi connectivity index (χ3v) is 4.37. The molecule has 0 amide bonds. The summed E-state index contributed by atoms with van der Waals surface area (Å²) in [7, 11) is -1.33. The molecule has 0 aliphatic heterocycles. The van der Waals surface area contributed by atoms with Gasteiger partial charge < -0.3 is 0 Å². The van der Waals surface area contributed by atoms with Crippen molar-refractivity contribution in [1.82, 2.24) is 0 Å². The zero-order valence-corrected chi connectivity index (χ0v) is 12.8. The maximum atomic E-state index is 12.0. The van der Waals surface area contributed by atoms with E-state index in [0.717, 1.165) is 19.6 Å². The number of hydrogen-bond acceptors (Lipinski definition) is 1. The van der Waals surface area contributed by atoms with Crippen molar-refractivity contribution in [3.63, 3.8) is 0 Å². The highest BCUT2D eigenvalue weighted by molar-refractivity contribution is 14.1.